The number of hydrogen-bond donors (Lipinski definition) is 0. The molecule has 1 aliphatic rings. The van der Waals surface area contributed by atoms with E-state index in [1.165, 1.54) is 18.2 Å². The van der Waals surface area contributed by atoms with Crippen LogP contribution in [-0.4, -0.2) is 17.3 Å². The second-order valence-corrected chi connectivity index (χ2v) is 6.45. The lowest BCUT2D eigenvalue weighted by atomic mass is 10.1. The van der Waals surface area contributed by atoms with Gasteiger partial charge in [-0.2, -0.15) is 0 Å². The van der Waals surface area contributed by atoms with Crippen molar-refractivity contribution >= 4 is 35.0 Å². The van der Waals surface area contributed by atoms with Crippen molar-refractivity contribution in [2.24, 2.45) is 0 Å². The van der Waals surface area contributed by atoms with Crippen LogP contribution in [0.2, 0.25) is 0 Å². The van der Waals surface area contributed by atoms with E-state index in [0.29, 0.717) is 5.56 Å². The predicted molar refractivity (Wildman–Crippen MR) is 101 cm³/mol. The maximum Gasteiger partial charge on any atom is 0.270 e. The molecule has 3 rings (SSSR count). The van der Waals surface area contributed by atoms with Gasteiger partial charge in [-0.1, -0.05) is 42.1 Å². The van der Waals surface area contributed by atoms with Crippen LogP contribution in [0, 0.1) is 10.1 Å². The monoisotopic (exact) mass is 352 g/mol. The minimum atomic E-state index is -0.452. The molecule has 0 amide bonds. The highest BCUT2D eigenvalue weighted by molar-refractivity contribution is 8.03. The maximum atomic E-state index is 12.3. The van der Waals surface area contributed by atoms with Crippen molar-refractivity contribution in [1.82, 2.24) is 0 Å². The summed E-state index contributed by atoms with van der Waals surface area (Å²) < 4.78 is 0. The van der Waals surface area contributed by atoms with Crippen LogP contribution in [0.15, 0.2) is 70.6 Å². The smallest absolute Gasteiger partial charge is 0.270 e. The molecule has 0 fully saturated rings. The van der Waals surface area contributed by atoms with Crippen LogP contribution >= 0.6 is 11.8 Å². The SMILES string of the molecule is CCN1/C(=C\C(=O)/C=C/c2cccc([N+](=O)[O-])c2)Sc2ccccc21. The van der Waals surface area contributed by atoms with Gasteiger partial charge in [-0.15, -0.1) is 0 Å². The van der Waals surface area contributed by atoms with E-state index in [4.69, 9.17) is 0 Å². The Bertz CT molecular complexity index is 890. The molecular formula is C19H16N2O3S. The number of nitrogens with zero attached hydrogens (tertiary/aromatic N) is 2. The molecule has 2 aromatic rings. The van der Waals surface area contributed by atoms with E-state index in [9.17, 15) is 14.9 Å². The molecule has 0 aliphatic carbocycles. The van der Waals surface area contributed by atoms with Gasteiger partial charge in [-0.05, 0) is 30.7 Å². The van der Waals surface area contributed by atoms with Gasteiger partial charge in [0, 0.05) is 29.6 Å². The van der Waals surface area contributed by atoms with Crippen LogP contribution in [0.5, 0.6) is 0 Å². The molecule has 5 nitrogen and oxygen atoms in total. The molecule has 0 N–H and O–H groups in total. The molecule has 0 bridgehead atoms. The fourth-order valence-corrected chi connectivity index (χ4v) is 3.74. The van der Waals surface area contributed by atoms with Crippen molar-refractivity contribution in [2.75, 3.05) is 11.4 Å². The molecule has 126 valence electrons. The van der Waals surface area contributed by atoms with Gasteiger partial charge in [0.25, 0.3) is 5.69 Å². The molecule has 0 atom stereocenters. The number of nitro benzene ring substituents is 1. The Morgan fingerprint density at radius 1 is 1.24 bits per heavy atom. The lowest BCUT2D eigenvalue weighted by Crippen LogP contribution is -2.17. The lowest BCUT2D eigenvalue weighted by Gasteiger charge is -2.17. The van der Waals surface area contributed by atoms with Crippen molar-refractivity contribution in [3.8, 4) is 0 Å². The van der Waals surface area contributed by atoms with E-state index in [-0.39, 0.29) is 11.5 Å². The molecule has 0 saturated carbocycles. The quantitative estimate of drug-likeness (QED) is 0.445. The number of fused-ring (bicyclic) bond motifs is 1. The fourth-order valence-electron chi connectivity index (χ4n) is 2.58. The third kappa shape index (κ3) is 3.80. The topological polar surface area (TPSA) is 63.5 Å². The van der Waals surface area contributed by atoms with Gasteiger partial charge in [0.1, 0.15) is 0 Å². The maximum absolute atomic E-state index is 12.3. The minimum Gasteiger partial charge on any atom is -0.335 e. The van der Waals surface area contributed by atoms with E-state index in [1.54, 1.807) is 36.0 Å². The Morgan fingerprint density at radius 3 is 2.80 bits per heavy atom. The average Bonchev–Trinajstić information content (AvgIpc) is 2.97. The number of carbonyl (C=O) groups excluding carboxylic acids is 1. The highest BCUT2D eigenvalue weighted by atomic mass is 32.2. The number of non-ortho nitro benzene ring substituents is 1. The Kier molecular flexibility index (Phi) is 5.00. The highest BCUT2D eigenvalue weighted by Crippen LogP contribution is 2.45. The summed E-state index contributed by atoms with van der Waals surface area (Å²) in [6.45, 7) is 2.82. The summed E-state index contributed by atoms with van der Waals surface area (Å²) in [6, 6.07) is 14.2. The molecule has 1 aliphatic heterocycles. The Labute approximate surface area is 149 Å². The molecular weight excluding hydrogens is 336 g/mol. The zero-order chi connectivity index (χ0) is 17.8. The molecule has 0 spiro atoms. The first kappa shape index (κ1) is 17.0. The number of carbonyl (C=O) groups is 1. The van der Waals surface area contributed by atoms with Gasteiger partial charge >= 0.3 is 0 Å². The zero-order valence-electron chi connectivity index (χ0n) is 13.6. The van der Waals surface area contributed by atoms with Crippen molar-refractivity contribution in [2.45, 2.75) is 11.8 Å². The molecule has 0 saturated heterocycles. The van der Waals surface area contributed by atoms with Crippen LogP contribution in [0.4, 0.5) is 11.4 Å². The van der Waals surface area contributed by atoms with E-state index in [0.717, 1.165) is 22.2 Å². The summed E-state index contributed by atoms with van der Waals surface area (Å²) in [4.78, 5) is 25.8. The number of thioether (sulfide) groups is 1. The summed E-state index contributed by atoms with van der Waals surface area (Å²) in [5.41, 5.74) is 1.74. The number of anilines is 1. The lowest BCUT2D eigenvalue weighted by molar-refractivity contribution is -0.384. The number of allylic oxidation sites excluding steroid dienone is 2. The van der Waals surface area contributed by atoms with Crippen LogP contribution in [0.1, 0.15) is 12.5 Å². The Hall–Kier alpha value is -2.86. The van der Waals surface area contributed by atoms with Gasteiger partial charge in [-0.3, -0.25) is 14.9 Å². The van der Waals surface area contributed by atoms with E-state index < -0.39 is 4.92 Å². The molecule has 6 heteroatoms. The van der Waals surface area contributed by atoms with Crippen LogP contribution in [0.25, 0.3) is 6.08 Å². The molecule has 2 aromatic carbocycles. The molecule has 25 heavy (non-hydrogen) atoms. The van der Waals surface area contributed by atoms with Crippen molar-refractivity contribution in [3.05, 3.63) is 81.4 Å². The summed E-state index contributed by atoms with van der Waals surface area (Å²) in [6.07, 6.45) is 4.63. The normalized spacial score (nSPS) is 14.9. The van der Waals surface area contributed by atoms with E-state index in [1.807, 2.05) is 31.2 Å². The van der Waals surface area contributed by atoms with Crippen molar-refractivity contribution in [3.63, 3.8) is 0 Å². The van der Waals surface area contributed by atoms with Gasteiger partial charge in [0.05, 0.1) is 15.6 Å². The third-order valence-electron chi connectivity index (χ3n) is 3.74. The number of para-hydroxylation sites is 1. The van der Waals surface area contributed by atoms with Crippen LogP contribution < -0.4 is 4.90 Å². The number of rotatable bonds is 5. The van der Waals surface area contributed by atoms with Gasteiger partial charge in [-0.25, -0.2) is 0 Å². The zero-order valence-corrected chi connectivity index (χ0v) is 14.4. The molecule has 1 heterocycles. The molecule has 0 radical (unpaired) electrons. The minimum absolute atomic E-state index is 0.00640. The standard InChI is InChI=1S/C19H16N2O3S/c1-2-20-17-8-3-4-9-18(17)25-19(20)13-16(22)11-10-14-6-5-7-15(12-14)21(23)24/h3-13H,2H2,1H3/b11-10+,19-13+. The predicted octanol–water partition coefficient (Wildman–Crippen LogP) is 4.65. The second kappa shape index (κ2) is 7.36. The fraction of sp³-hybridized carbons (Fsp3) is 0.105. The highest BCUT2D eigenvalue weighted by Gasteiger charge is 2.23. The number of ketones is 1. The first-order valence-electron chi connectivity index (χ1n) is 7.81. The van der Waals surface area contributed by atoms with Gasteiger partial charge in [0.2, 0.25) is 0 Å². The summed E-state index contributed by atoms with van der Waals surface area (Å²) in [7, 11) is 0. The van der Waals surface area contributed by atoms with Crippen molar-refractivity contribution in [1.29, 1.82) is 0 Å². The largest absolute Gasteiger partial charge is 0.335 e. The van der Waals surface area contributed by atoms with Crippen molar-refractivity contribution < 1.29 is 9.72 Å². The van der Waals surface area contributed by atoms with E-state index >= 15 is 0 Å². The Balaban J connectivity index is 1.77. The number of benzene rings is 2. The number of hydrogen-bond acceptors (Lipinski definition) is 5. The molecule has 0 aromatic heterocycles. The van der Waals surface area contributed by atoms with Crippen LogP contribution in [-0.2, 0) is 4.79 Å². The third-order valence-corrected chi connectivity index (χ3v) is 4.85. The first-order chi connectivity index (χ1) is 12.1. The summed E-state index contributed by atoms with van der Waals surface area (Å²) in [5, 5.41) is 11.7. The summed E-state index contributed by atoms with van der Waals surface area (Å²) in [5.74, 6) is -0.153. The second-order valence-electron chi connectivity index (χ2n) is 5.38. The number of nitro groups is 1. The Morgan fingerprint density at radius 2 is 2.04 bits per heavy atom. The average molecular weight is 352 g/mol. The molecule has 0 unspecified atom stereocenters. The first-order valence-corrected chi connectivity index (χ1v) is 8.62. The summed E-state index contributed by atoms with van der Waals surface area (Å²) >= 11 is 1.57. The van der Waals surface area contributed by atoms with Crippen LogP contribution in [0.3, 0.4) is 0 Å². The van der Waals surface area contributed by atoms with Gasteiger partial charge in [0.15, 0.2) is 5.78 Å². The van der Waals surface area contributed by atoms with Gasteiger partial charge < -0.3 is 4.90 Å². The van der Waals surface area contributed by atoms with E-state index in [2.05, 4.69) is 4.90 Å².